The van der Waals surface area contributed by atoms with Crippen LogP contribution in [0, 0.1) is 6.92 Å². The Morgan fingerprint density at radius 2 is 2.21 bits per heavy atom. The largest absolute Gasteiger partial charge is 0.293 e. The van der Waals surface area contributed by atoms with Crippen LogP contribution >= 0.6 is 15.9 Å². The summed E-state index contributed by atoms with van der Waals surface area (Å²) in [6.07, 6.45) is 3.08. The fourth-order valence-corrected chi connectivity index (χ4v) is 2.48. The van der Waals surface area contributed by atoms with E-state index >= 15 is 0 Å². The highest BCUT2D eigenvalue weighted by Crippen LogP contribution is 2.25. The van der Waals surface area contributed by atoms with E-state index in [0.29, 0.717) is 0 Å². The number of hydrogen-bond donors (Lipinski definition) is 0. The van der Waals surface area contributed by atoms with Gasteiger partial charge in [-0.25, -0.2) is 0 Å². The topological polar surface area (TPSA) is 17.1 Å². The molecule has 0 amide bonds. The van der Waals surface area contributed by atoms with E-state index in [0.717, 1.165) is 24.8 Å². The van der Waals surface area contributed by atoms with Crippen molar-refractivity contribution < 1.29 is 4.79 Å². The molecule has 0 N–H and O–H groups in total. The number of carbonyl (C=O) groups is 1. The number of ketones is 1. The zero-order valence-corrected chi connectivity index (χ0v) is 9.80. The molecule has 0 fully saturated rings. The first-order chi connectivity index (χ1) is 6.68. The Morgan fingerprint density at radius 1 is 1.43 bits per heavy atom. The third-order valence-electron chi connectivity index (χ3n) is 2.72. The van der Waals surface area contributed by atoms with Crippen molar-refractivity contribution in [2.24, 2.45) is 0 Å². The van der Waals surface area contributed by atoms with Crippen LogP contribution in [0.5, 0.6) is 0 Å². The molecule has 74 valence electrons. The van der Waals surface area contributed by atoms with Gasteiger partial charge in [0, 0.05) is 5.56 Å². The molecule has 1 aliphatic carbocycles. The minimum Gasteiger partial charge on any atom is -0.293 e. The first kappa shape index (κ1) is 9.91. The van der Waals surface area contributed by atoms with Gasteiger partial charge in [0.1, 0.15) is 0 Å². The minimum absolute atomic E-state index is 0.0190. The number of halogens is 1. The standard InChI is InChI=1S/C12H13BrO/c1-8-5-6-9-3-2-4-11(13)12(14)10(9)7-8/h5-7,11H,2-4H2,1H3. The highest BCUT2D eigenvalue weighted by molar-refractivity contribution is 9.10. The van der Waals surface area contributed by atoms with Crippen molar-refractivity contribution in [2.45, 2.75) is 31.0 Å². The highest BCUT2D eigenvalue weighted by Gasteiger charge is 2.22. The number of benzene rings is 1. The van der Waals surface area contributed by atoms with Gasteiger partial charge in [0.15, 0.2) is 5.78 Å². The molecule has 0 saturated carbocycles. The lowest BCUT2D eigenvalue weighted by Gasteiger charge is -2.07. The van der Waals surface area contributed by atoms with Crippen molar-refractivity contribution in [1.29, 1.82) is 0 Å². The van der Waals surface area contributed by atoms with Gasteiger partial charge in [-0.15, -0.1) is 0 Å². The quantitative estimate of drug-likeness (QED) is 0.512. The molecular weight excluding hydrogens is 240 g/mol. The lowest BCUT2D eigenvalue weighted by Crippen LogP contribution is -2.12. The number of aryl methyl sites for hydroxylation is 2. The van der Waals surface area contributed by atoms with Crippen molar-refractivity contribution >= 4 is 21.7 Å². The van der Waals surface area contributed by atoms with Crippen LogP contribution < -0.4 is 0 Å². The minimum atomic E-state index is 0.0190. The summed E-state index contributed by atoms with van der Waals surface area (Å²) in [5, 5.41) is 0. The average Bonchev–Trinajstić information content (AvgIpc) is 2.30. The Morgan fingerprint density at radius 3 is 3.00 bits per heavy atom. The average molecular weight is 253 g/mol. The zero-order chi connectivity index (χ0) is 10.1. The lowest BCUT2D eigenvalue weighted by atomic mass is 10.00. The number of alkyl halides is 1. The lowest BCUT2D eigenvalue weighted by molar-refractivity contribution is 0.0990. The van der Waals surface area contributed by atoms with Crippen LogP contribution in [0.25, 0.3) is 0 Å². The fourth-order valence-electron chi connectivity index (χ4n) is 1.91. The van der Waals surface area contributed by atoms with E-state index in [-0.39, 0.29) is 10.6 Å². The predicted molar refractivity (Wildman–Crippen MR) is 61.2 cm³/mol. The molecule has 1 aromatic rings. The molecule has 0 bridgehead atoms. The van der Waals surface area contributed by atoms with Crippen molar-refractivity contribution in [3.05, 3.63) is 34.9 Å². The van der Waals surface area contributed by atoms with E-state index < -0.39 is 0 Å². The van der Waals surface area contributed by atoms with Crippen molar-refractivity contribution in [3.8, 4) is 0 Å². The van der Waals surface area contributed by atoms with E-state index in [9.17, 15) is 4.79 Å². The number of Topliss-reactive ketones (excluding diaryl/α,β-unsaturated/α-hetero) is 1. The van der Waals surface area contributed by atoms with E-state index in [1.807, 2.05) is 13.0 Å². The molecule has 1 atom stereocenters. The normalized spacial score (nSPS) is 21.6. The zero-order valence-electron chi connectivity index (χ0n) is 8.22. The summed E-state index contributed by atoms with van der Waals surface area (Å²) in [7, 11) is 0. The molecule has 1 aliphatic rings. The molecule has 0 saturated heterocycles. The monoisotopic (exact) mass is 252 g/mol. The molecule has 14 heavy (non-hydrogen) atoms. The smallest absolute Gasteiger partial charge is 0.176 e. The van der Waals surface area contributed by atoms with Crippen LogP contribution in [-0.4, -0.2) is 10.6 Å². The van der Waals surface area contributed by atoms with E-state index in [2.05, 4.69) is 28.1 Å². The van der Waals surface area contributed by atoms with E-state index in [1.54, 1.807) is 0 Å². The van der Waals surface area contributed by atoms with Gasteiger partial charge < -0.3 is 0 Å². The van der Waals surface area contributed by atoms with Crippen LogP contribution in [0.15, 0.2) is 18.2 Å². The Labute approximate surface area is 92.6 Å². The Hall–Kier alpha value is -0.630. The van der Waals surface area contributed by atoms with Crippen LogP contribution in [0.1, 0.15) is 34.3 Å². The summed E-state index contributed by atoms with van der Waals surface area (Å²) in [4.78, 5) is 12.0. The maximum absolute atomic E-state index is 11.9. The number of carbonyl (C=O) groups excluding carboxylic acids is 1. The summed E-state index contributed by atoms with van der Waals surface area (Å²) in [6.45, 7) is 2.03. The summed E-state index contributed by atoms with van der Waals surface area (Å²) in [5.41, 5.74) is 3.30. The molecule has 0 aliphatic heterocycles. The Kier molecular flexibility index (Phi) is 2.73. The fraction of sp³-hybridized carbons (Fsp3) is 0.417. The van der Waals surface area contributed by atoms with E-state index in [4.69, 9.17) is 0 Å². The summed E-state index contributed by atoms with van der Waals surface area (Å²) in [5.74, 6) is 0.251. The first-order valence-corrected chi connectivity index (χ1v) is 5.88. The Balaban J connectivity index is 2.50. The second-order valence-corrected chi connectivity index (χ2v) is 4.99. The molecular formula is C12H13BrO. The molecule has 1 nitrogen and oxygen atoms in total. The third-order valence-corrected chi connectivity index (χ3v) is 3.59. The molecule has 1 unspecified atom stereocenters. The van der Waals surface area contributed by atoms with Gasteiger partial charge in [0.05, 0.1) is 4.83 Å². The summed E-state index contributed by atoms with van der Waals surface area (Å²) >= 11 is 3.45. The third kappa shape index (κ3) is 1.76. The molecule has 0 heterocycles. The van der Waals surface area contributed by atoms with Crippen molar-refractivity contribution in [3.63, 3.8) is 0 Å². The highest BCUT2D eigenvalue weighted by atomic mass is 79.9. The second kappa shape index (κ2) is 3.85. The van der Waals surface area contributed by atoms with Crippen LogP contribution in [0.2, 0.25) is 0 Å². The van der Waals surface area contributed by atoms with Gasteiger partial charge >= 0.3 is 0 Å². The maximum atomic E-state index is 11.9. The van der Waals surface area contributed by atoms with Gasteiger partial charge in [-0.1, -0.05) is 33.6 Å². The molecule has 1 aromatic carbocycles. The molecule has 0 radical (unpaired) electrons. The van der Waals surface area contributed by atoms with Crippen molar-refractivity contribution in [2.75, 3.05) is 0 Å². The first-order valence-electron chi connectivity index (χ1n) is 4.96. The molecule has 2 rings (SSSR count). The maximum Gasteiger partial charge on any atom is 0.176 e. The Bertz CT molecular complexity index is 371. The number of hydrogen-bond acceptors (Lipinski definition) is 1. The van der Waals surface area contributed by atoms with Crippen LogP contribution in [-0.2, 0) is 6.42 Å². The van der Waals surface area contributed by atoms with E-state index in [1.165, 1.54) is 11.1 Å². The number of fused-ring (bicyclic) bond motifs is 1. The molecule has 0 aromatic heterocycles. The van der Waals surface area contributed by atoms with Crippen LogP contribution in [0.4, 0.5) is 0 Å². The molecule has 2 heteroatoms. The van der Waals surface area contributed by atoms with Gasteiger partial charge in [0.25, 0.3) is 0 Å². The van der Waals surface area contributed by atoms with Crippen LogP contribution in [0.3, 0.4) is 0 Å². The van der Waals surface area contributed by atoms with Gasteiger partial charge in [0.2, 0.25) is 0 Å². The SMILES string of the molecule is Cc1ccc2c(c1)C(=O)C(Br)CCC2. The van der Waals surface area contributed by atoms with Gasteiger partial charge in [-0.2, -0.15) is 0 Å². The molecule has 0 spiro atoms. The summed E-state index contributed by atoms with van der Waals surface area (Å²) in [6, 6.07) is 6.19. The summed E-state index contributed by atoms with van der Waals surface area (Å²) < 4.78 is 0. The van der Waals surface area contributed by atoms with Gasteiger partial charge in [-0.05, 0) is 37.8 Å². The predicted octanol–water partition coefficient (Wildman–Crippen LogP) is 3.28. The van der Waals surface area contributed by atoms with Gasteiger partial charge in [-0.3, -0.25) is 4.79 Å². The second-order valence-electron chi connectivity index (χ2n) is 3.88. The van der Waals surface area contributed by atoms with Crippen molar-refractivity contribution in [1.82, 2.24) is 0 Å². The number of rotatable bonds is 0.